The van der Waals surface area contributed by atoms with E-state index in [1.807, 2.05) is 0 Å². The van der Waals surface area contributed by atoms with Crippen LogP contribution in [0.25, 0.3) is 10.8 Å². The molecule has 0 spiro atoms. The largest absolute Gasteiger partial charge is 0.315 e. The third kappa shape index (κ3) is 2.80. The Labute approximate surface area is 115 Å². The van der Waals surface area contributed by atoms with Crippen LogP contribution in [0.4, 0.5) is 0 Å². The topological polar surface area (TPSA) is 15.3 Å². The summed E-state index contributed by atoms with van der Waals surface area (Å²) in [5, 5.41) is 6.15. The summed E-state index contributed by atoms with van der Waals surface area (Å²) in [7, 11) is 0. The summed E-state index contributed by atoms with van der Waals surface area (Å²) < 4.78 is 0. The van der Waals surface area contributed by atoms with Crippen LogP contribution in [0.2, 0.25) is 0 Å². The first-order valence-corrected chi connectivity index (χ1v) is 7.28. The van der Waals surface area contributed by atoms with Crippen molar-refractivity contribution in [2.45, 2.75) is 19.4 Å². The summed E-state index contributed by atoms with van der Waals surface area (Å²) in [6, 6.07) is 16.0. The SMILES string of the molecule is CC(c1ccc2ccccc2c1)N1CCCNCC1. The fraction of sp³-hybridized carbons (Fsp3) is 0.412. The van der Waals surface area contributed by atoms with Crippen LogP contribution in [0.3, 0.4) is 0 Å². The minimum Gasteiger partial charge on any atom is -0.315 e. The Balaban J connectivity index is 1.85. The van der Waals surface area contributed by atoms with Crippen LogP contribution in [0.1, 0.15) is 24.9 Å². The Hall–Kier alpha value is -1.38. The van der Waals surface area contributed by atoms with Crippen molar-refractivity contribution in [3.8, 4) is 0 Å². The summed E-state index contributed by atoms with van der Waals surface area (Å²) >= 11 is 0. The van der Waals surface area contributed by atoms with Gasteiger partial charge in [0.15, 0.2) is 0 Å². The number of nitrogens with one attached hydrogen (secondary N) is 1. The van der Waals surface area contributed by atoms with E-state index in [2.05, 4.69) is 59.6 Å². The van der Waals surface area contributed by atoms with Crippen molar-refractivity contribution in [3.63, 3.8) is 0 Å². The van der Waals surface area contributed by atoms with Gasteiger partial charge < -0.3 is 5.32 Å². The number of hydrogen-bond acceptors (Lipinski definition) is 2. The van der Waals surface area contributed by atoms with Crippen LogP contribution >= 0.6 is 0 Å². The van der Waals surface area contributed by atoms with Crippen LogP contribution in [0, 0.1) is 0 Å². The zero-order valence-electron chi connectivity index (χ0n) is 11.6. The van der Waals surface area contributed by atoms with Gasteiger partial charge in [0.1, 0.15) is 0 Å². The number of hydrogen-bond donors (Lipinski definition) is 1. The van der Waals surface area contributed by atoms with Crippen molar-refractivity contribution in [1.82, 2.24) is 10.2 Å². The molecule has 0 amide bonds. The molecule has 1 heterocycles. The highest BCUT2D eigenvalue weighted by Gasteiger charge is 2.17. The van der Waals surface area contributed by atoms with Crippen molar-refractivity contribution in [2.75, 3.05) is 26.2 Å². The minimum atomic E-state index is 0.504. The molecular formula is C17H22N2. The summed E-state index contributed by atoms with van der Waals surface area (Å²) in [5.41, 5.74) is 1.43. The lowest BCUT2D eigenvalue weighted by atomic mass is 10.0. The number of nitrogens with zero attached hydrogens (tertiary/aromatic N) is 1. The normalized spacial score (nSPS) is 19.2. The van der Waals surface area contributed by atoms with Gasteiger partial charge in [-0.3, -0.25) is 4.90 Å². The second-order valence-electron chi connectivity index (χ2n) is 5.42. The van der Waals surface area contributed by atoms with Gasteiger partial charge in [-0.1, -0.05) is 36.4 Å². The van der Waals surface area contributed by atoms with Gasteiger partial charge in [0, 0.05) is 19.1 Å². The lowest BCUT2D eigenvalue weighted by Gasteiger charge is -2.27. The quantitative estimate of drug-likeness (QED) is 0.885. The van der Waals surface area contributed by atoms with Gasteiger partial charge in [0.2, 0.25) is 0 Å². The lowest BCUT2D eigenvalue weighted by molar-refractivity contribution is 0.225. The third-order valence-corrected chi connectivity index (χ3v) is 4.18. The van der Waals surface area contributed by atoms with E-state index in [-0.39, 0.29) is 0 Å². The summed E-state index contributed by atoms with van der Waals surface area (Å²) in [5.74, 6) is 0. The highest BCUT2D eigenvalue weighted by Crippen LogP contribution is 2.24. The molecule has 2 nitrogen and oxygen atoms in total. The molecule has 100 valence electrons. The minimum absolute atomic E-state index is 0.504. The molecule has 1 N–H and O–H groups in total. The molecule has 1 fully saturated rings. The maximum Gasteiger partial charge on any atom is 0.0320 e. The molecule has 1 aliphatic rings. The molecule has 1 aliphatic heterocycles. The van der Waals surface area contributed by atoms with Crippen LogP contribution in [-0.2, 0) is 0 Å². The Kier molecular flexibility index (Phi) is 3.81. The molecule has 0 aromatic heterocycles. The molecule has 2 aromatic carbocycles. The van der Waals surface area contributed by atoms with E-state index in [1.54, 1.807) is 0 Å². The molecule has 2 aromatic rings. The van der Waals surface area contributed by atoms with E-state index in [4.69, 9.17) is 0 Å². The first-order valence-electron chi connectivity index (χ1n) is 7.28. The van der Waals surface area contributed by atoms with Crippen LogP contribution in [0.15, 0.2) is 42.5 Å². The predicted molar refractivity (Wildman–Crippen MR) is 81.4 cm³/mol. The molecular weight excluding hydrogens is 232 g/mol. The first kappa shape index (κ1) is 12.6. The Morgan fingerprint density at radius 2 is 1.84 bits per heavy atom. The van der Waals surface area contributed by atoms with E-state index in [1.165, 1.54) is 29.3 Å². The summed E-state index contributed by atoms with van der Waals surface area (Å²) in [4.78, 5) is 2.59. The molecule has 0 radical (unpaired) electrons. The van der Waals surface area contributed by atoms with Crippen molar-refractivity contribution in [1.29, 1.82) is 0 Å². The average molecular weight is 254 g/mol. The van der Waals surface area contributed by atoms with Gasteiger partial charge in [-0.2, -0.15) is 0 Å². The molecule has 3 rings (SSSR count). The smallest absolute Gasteiger partial charge is 0.0320 e. The Bertz CT molecular complexity index is 542. The monoisotopic (exact) mass is 254 g/mol. The van der Waals surface area contributed by atoms with Gasteiger partial charge in [0.05, 0.1) is 0 Å². The Morgan fingerprint density at radius 3 is 2.74 bits per heavy atom. The van der Waals surface area contributed by atoms with Gasteiger partial charge in [-0.05, 0) is 48.8 Å². The second-order valence-corrected chi connectivity index (χ2v) is 5.42. The maximum atomic E-state index is 3.47. The first-order chi connectivity index (χ1) is 9.34. The second kappa shape index (κ2) is 5.72. The van der Waals surface area contributed by atoms with E-state index in [0.29, 0.717) is 6.04 Å². The van der Waals surface area contributed by atoms with E-state index >= 15 is 0 Å². The number of rotatable bonds is 2. The summed E-state index contributed by atoms with van der Waals surface area (Å²) in [6.45, 7) is 6.93. The molecule has 0 saturated carbocycles. The molecule has 2 heteroatoms. The van der Waals surface area contributed by atoms with Crippen molar-refractivity contribution >= 4 is 10.8 Å². The fourth-order valence-electron chi connectivity index (χ4n) is 2.93. The zero-order chi connectivity index (χ0) is 13.1. The van der Waals surface area contributed by atoms with Crippen molar-refractivity contribution in [3.05, 3.63) is 48.0 Å². The molecule has 19 heavy (non-hydrogen) atoms. The summed E-state index contributed by atoms with van der Waals surface area (Å²) in [6.07, 6.45) is 1.25. The van der Waals surface area contributed by atoms with Gasteiger partial charge in [-0.25, -0.2) is 0 Å². The van der Waals surface area contributed by atoms with Gasteiger partial charge in [0.25, 0.3) is 0 Å². The Morgan fingerprint density at radius 1 is 1.00 bits per heavy atom. The molecule has 1 saturated heterocycles. The van der Waals surface area contributed by atoms with E-state index in [0.717, 1.165) is 19.6 Å². The van der Waals surface area contributed by atoms with Crippen molar-refractivity contribution < 1.29 is 0 Å². The van der Waals surface area contributed by atoms with Gasteiger partial charge >= 0.3 is 0 Å². The molecule has 1 atom stereocenters. The average Bonchev–Trinajstić information content (AvgIpc) is 2.75. The number of benzene rings is 2. The van der Waals surface area contributed by atoms with E-state index < -0.39 is 0 Å². The maximum absolute atomic E-state index is 3.47. The standard InChI is InChI=1S/C17H22N2/c1-14(19-11-4-9-18-10-12-19)16-8-7-15-5-2-3-6-17(15)13-16/h2-3,5-8,13-14,18H,4,9-12H2,1H3. The fourth-order valence-corrected chi connectivity index (χ4v) is 2.93. The van der Waals surface area contributed by atoms with Crippen LogP contribution in [0.5, 0.6) is 0 Å². The van der Waals surface area contributed by atoms with Crippen LogP contribution in [-0.4, -0.2) is 31.1 Å². The molecule has 0 aliphatic carbocycles. The number of fused-ring (bicyclic) bond motifs is 1. The highest BCUT2D eigenvalue weighted by molar-refractivity contribution is 5.83. The molecule has 0 bridgehead atoms. The van der Waals surface area contributed by atoms with Crippen LogP contribution < -0.4 is 5.32 Å². The zero-order valence-corrected chi connectivity index (χ0v) is 11.6. The van der Waals surface area contributed by atoms with E-state index in [9.17, 15) is 0 Å². The lowest BCUT2D eigenvalue weighted by Crippen LogP contribution is -2.30. The molecule has 1 unspecified atom stereocenters. The predicted octanol–water partition coefficient (Wildman–Crippen LogP) is 3.20. The third-order valence-electron chi connectivity index (χ3n) is 4.18. The van der Waals surface area contributed by atoms with Crippen molar-refractivity contribution in [2.24, 2.45) is 0 Å². The highest BCUT2D eigenvalue weighted by atomic mass is 15.2. The van der Waals surface area contributed by atoms with Gasteiger partial charge in [-0.15, -0.1) is 0 Å².